The van der Waals surface area contributed by atoms with Crippen molar-refractivity contribution in [3.8, 4) is 11.5 Å². The Morgan fingerprint density at radius 1 is 1.43 bits per heavy atom. The predicted octanol–water partition coefficient (Wildman–Crippen LogP) is 1.23. The van der Waals surface area contributed by atoms with Gasteiger partial charge in [0.2, 0.25) is 4.91 Å². The zero-order chi connectivity index (χ0) is 16.0. The van der Waals surface area contributed by atoms with Crippen molar-refractivity contribution in [2.75, 3.05) is 7.11 Å². The molecule has 0 fully saturated rings. The molecule has 1 aromatic carbocycles. The highest BCUT2D eigenvalue weighted by atomic mass is 19.4. The largest absolute Gasteiger partial charge is 0.573 e. The van der Waals surface area contributed by atoms with E-state index in [4.69, 9.17) is 10.3 Å². The van der Waals surface area contributed by atoms with Crippen molar-refractivity contribution in [1.29, 1.82) is 5.53 Å². The molecule has 0 amide bonds. The molecule has 0 saturated heterocycles. The van der Waals surface area contributed by atoms with E-state index in [2.05, 4.69) is 14.8 Å². The number of alkyl halides is 3. The lowest BCUT2D eigenvalue weighted by atomic mass is 10.1. The fraction of sp³-hybridized carbons (Fsp3) is 0.182. The second-order valence-electron chi connectivity index (χ2n) is 3.48. The molecule has 0 spiro atoms. The van der Waals surface area contributed by atoms with Gasteiger partial charge in [-0.05, 0) is 23.8 Å². The van der Waals surface area contributed by atoms with Gasteiger partial charge in [0.1, 0.15) is 5.53 Å². The number of nitrogens with one attached hydrogen (secondary N) is 1. The first-order valence-corrected chi connectivity index (χ1v) is 5.21. The Balaban J connectivity index is 3.21. The zero-order valence-electron chi connectivity index (χ0n) is 10.5. The highest BCUT2D eigenvalue weighted by molar-refractivity contribution is 5.90. The number of halogens is 3. The van der Waals surface area contributed by atoms with E-state index in [-0.39, 0.29) is 11.3 Å². The van der Waals surface area contributed by atoms with Crippen molar-refractivity contribution in [2.24, 2.45) is 5.11 Å². The number of hydrogen-bond donors (Lipinski definition) is 1. The minimum absolute atomic E-state index is 0.146. The van der Waals surface area contributed by atoms with E-state index in [9.17, 15) is 23.1 Å². The van der Waals surface area contributed by atoms with Crippen LogP contribution in [0, 0.1) is 5.53 Å². The van der Waals surface area contributed by atoms with Gasteiger partial charge in [0.15, 0.2) is 22.3 Å². The Bertz CT molecular complexity index is 618. The summed E-state index contributed by atoms with van der Waals surface area (Å²) in [5, 5.41) is 13.7. The van der Waals surface area contributed by atoms with Crippen LogP contribution in [0.5, 0.6) is 11.5 Å². The lowest BCUT2D eigenvalue weighted by molar-refractivity contribution is -0.299. The summed E-state index contributed by atoms with van der Waals surface area (Å²) >= 11 is 0. The average Bonchev–Trinajstić information content (AvgIpc) is 2.38. The summed E-state index contributed by atoms with van der Waals surface area (Å²) in [5.41, 5.74) is 5.94. The number of carbonyl (C=O) groups is 1. The molecule has 0 bridgehead atoms. The van der Waals surface area contributed by atoms with Crippen molar-refractivity contribution in [2.45, 2.75) is 6.36 Å². The summed E-state index contributed by atoms with van der Waals surface area (Å²) in [6.07, 6.45) is -3.94. The van der Waals surface area contributed by atoms with Crippen LogP contribution in [-0.2, 0) is 4.79 Å². The van der Waals surface area contributed by atoms with Gasteiger partial charge >= 0.3 is 6.36 Å². The number of carboxylic acid groups (broad SMARTS) is 1. The van der Waals surface area contributed by atoms with E-state index in [1.165, 1.54) is 0 Å². The van der Waals surface area contributed by atoms with Crippen molar-refractivity contribution < 1.29 is 32.5 Å². The molecule has 0 unspecified atom stereocenters. The minimum Gasteiger partial charge on any atom is -0.543 e. The molecular weight excluding hydrogens is 295 g/mol. The second-order valence-corrected chi connectivity index (χ2v) is 3.48. The molecule has 0 heterocycles. The molecule has 0 radical (unpaired) electrons. The second kappa shape index (κ2) is 6.53. The molecular formula is C11H8F3N3O4. The number of rotatable bonds is 5. The van der Waals surface area contributed by atoms with E-state index in [0.29, 0.717) is 0 Å². The number of ether oxygens (including phenoxy) is 2. The van der Waals surface area contributed by atoms with Crippen LogP contribution in [0.15, 0.2) is 29.0 Å². The quantitative estimate of drug-likeness (QED) is 0.501. The van der Waals surface area contributed by atoms with Crippen molar-refractivity contribution in [3.63, 3.8) is 0 Å². The van der Waals surface area contributed by atoms with E-state index in [0.717, 1.165) is 31.4 Å². The standard InChI is InChI=1S/C11H8F3N3O4/c1-20-9-5-6(4-7(10(18)19)16-17-15)2-3-8(9)21-11(12,13)14/h2-5,15H,1H3. The van der Waals surface area contributed by atoms with Crippen molar-refractivity contribution in [1.82, 2.24) is 4.91 Å². The van der Waals surface area contributed by atoms with Crippen LogP contribution in [0.2, 0.25) is 0 Å². The van der Waals surface area contributed by atoms with E-state index >= 15 is 0 Å². The van der Waals surface area contributed by atoms with Gasteiger partial charge in [-0.2, -0.15) is 0 Å². The molecule has 10 heteroatoms. The molecule has 0 atom stereocenters. The Kier molecular flexibility index (Phi) is 5.03. The van der Waals surface area contributed by atoms with Crippen LogP contribution in [0.3, 0.4) is 0 Å². The fourth-order valence-electron chi connectivity index (χ4n) is 1.32. The van der Waals surface area contributed by atoms with Gasteiger partial charge in [0.25, 0.3) is 0 Å². The maximum Gasteiger partial charge on any atom is 0.573 e. The molecule has 0 aliphatic carbocycles. The van der Waals surface area contributed by atoms with Gasteiger partial charge in [-0.3, -0.25) is 0 Å². The maximum atomic E-state index is 12.2. The van der Waals surface area contributed by atoms with E-state index in [1.54, 1.807) is 0 Å². The number of nitrogens with zero attached hydrogens (tertiary/aromatic N) is 2. The van der Waals surface area contributed by atoms with Gasteiger partial charge in [-0.25, -0.2) is 0 Å². The maximum absolute atomic E-state index is 12.2. The van der Waals surface area contributed by atoms with Crippen LogP contribution >= 0.6 is 0 Å². The van der Waals surface area contributed by atoms with Crippen LogP contribution < -0.4 is 19.5 Å². The van der Waals surface area contributed by atoms with Gasteiger partial charge in [-0.1, -0.05) is 6.07 Å². The molecule has 21 heavy (non-hydrogen) atoms. The summed E-state index contributed by atoms with van der Waals surface area (Å²) < 4.78 is 44.9. The molecule has 112 valence electrons. The van der Waals surface area contributed by atoms with E-state index in [1.807, 2.05) is 0 Å². The van der Waals surface area contributed by atoms with E-state index < -0.39 is 23.8 Å². The zero-order valence-corrected chi connectivity index (χ0v) is 10.5. The Morgan fingerprint density at radius 2 is 2.10 bits per heavy atom. The summed E-state index contributed by atoms with van der Waals surface area (Å²) in [6.45, 7) is 0. The monoisotopic (exact) mass is 303 g/mol. The molecule has 7 nitrogen and oxygen atoms in total. The summed E-state index contributed by atoms with van der Waals surface area (Å²) in [7, 11) is 1.12. The SMILES string of the molecule is COc1cc(C=C(N=[N+]=N)C(=O)[O-])ccc1OC(F)(F)F. The highest BCUT2D eigenvalue weighted by Crippen LogP contribution is 2.33. The van der Waals surface area contributed by atoms with Crippen LogP contribution in [-0.4, -0.2) is 19.4 Å². The first-order chi connectivity index (χ1) is 9.76. The van der Waals surface area contributed by atoms with Crippen molar-refractivity contribution in [3.05, 3.63) is 29.5 Å². The normalized spacial score (nSPS) is 11.5. The molecule has 0 aliphatic rings. The number of methoxy groups -OCH3 is 1. The molecule has 0 aromatic heterocycles. The van der Waals surface area contributed by atoms with Crippen molar-refractivity contribution >= 4 is 12.0 Å². The Morgan fingerprint density at radius 3 is 2.57 bits per heavy atom. The van der Waals surface area contributed by atoms with Gasteiger partial charge in [0, 0.05) is 0 Å². The third-order valence-electron chi connectivity index (χ3n) is 2.08. The van der Waals surface area contributed by atoms with Crippen LogP contribution in [0.25, 0.3) is 6.08 Å². The lowest BCUT2D eigenvalue weighted by Gasteiger charge is -2.12. The smallest absolute Gasteiger partial charge is 0.543 e. The number of aliphatic carboxylic acids is 1. The summed E-state index contributed by atoms with van der Waals surface area (Å²) in [4.78, 5) is 13.2. The minimum atomic E-state index is -4.89. The Hall–Kier alpha value is -2.87. The number of carboxylic acids is 1. The first-order valence-electron chi connectivity index (χ1n) is 5.21. The van der Waals surface area contributed by atoms with Gasteiger partial charge in [-0.15, -0.1) is 13.2 Å². The summed E-state index contributed by atoms with van der Waals surface area (Å²) in [5.74, 6) is -2.54. The third-order valence-corrected chi connectivity index (χ3v) is 2.08. The molecule has 0 saturated carbocycles. The number of hydrogen-bond acceptors (Lipinski definition) is 6. The van der Waals surface area contributed by atoms with Gasteiger partial charge < -0.3 is 19.4 Å². The predicted molar refractivity (Wildman–Crippen MR) is 59.9 cm³/mol. The Labute approximate surface area is 115 Å². The summed E-state index contributed by atoms with van der Waals surface area (Å²) in [6, 6.07) is 3.19. The topological polar surface area (TPSA) is 109 Å². The van der Waals surface area contributed by atoms with Gasteiger partial charge in [0.05, 0.1) is 13.1 Å². The molecule has 0 aliphatic heterocycles. The lowest BCUT2D eigenvalue weighted by Crippen LogP contribution is -2.23. The van der Waals surface area contributed by atoms with Crippen LogP contribution in [0.1, 0.15) is 5.56 Å². The number of benzene rings is 1. The number of carbonyl (C=O) groups excluding carboxylic acids is 1. The molecule has 1 aromatic rings. The first kappa shape index (κ1) is 16.2. The fourth-order valence-corrected chi connectivity index (χ4v) is 1.32. The molecule has 1 rings (SSSR count). The average molecular weight is 303 g/mol. The highest BCUT2D eigenvalue weighted by Gasteiger charge is 2.32. The van der Waals surface area contributed by atoms with Crippen LogP contribution in [0.4, 0.5) is 13.2 Å². The third kappa shape index (κ3) is 4.96. The molecule has 1 N–H and O–H groups in total.